The fourth-order valence-electron chi connectivity index (χ4n) is 1.67. The first kappa shape index (κ1) is 12.3. The highest BCUT2D eigenvalue weighted by Gasteiger charge is 2.32. The molecular weight excluding hydrogens is 246 g/mol. The zero-order chi connectivity index (χ0) is 11.6. The molecule has 5 heteroatoms. The average molecular weight is 262 g/mol. The molecule has 0 bridgehead atoms. The number of halogens is 1. The molecule has 0 saturated carbocycles. The molecule has 0 aliphatic carbocycles. The zero-order valence-corrected chi connectivity index (χ0v) is 11.0. The number of hydrogen-bond acceptors (Lipinski definition) is 4. The minimum Gasteiger partial charge on any atom is -0.348 e. The topological polar surface area (TPSA) is 30.5 Å². The Hall–Kier alpha value is -0.130. The van der Waals surface area contributed by atoms with Crippen molar-refractivity contribution in [1.82, 2.24) is 5.32 Å². The first-order valence-corrected chi connectivity index (χ1v) is 6.51. The fraction of sp³-hybridized carbons (Fsp3) is 0.636. The highest BCUT2D eigenvalue weighted by Crippen LogP contribution is 2.23. The number of hydrogen-bond donors (Lipinski definition) is 1. The highest BCUT2D eigenvalue weighted by atomic mass is 35.5. The largest absolute Gasteiger partial charge is 0.348 e. The van der Waals surface area contributed by atoms with Gasteiger partial charge < -0.3 is 14.8 Å². The molecule has 3 nitrogen and oxygen atoms in total. The summed E-state index contributed by atoms with van der Waals surface area (Å²) in [5.74, 6) is -0.432. The summed E-state index contributed by atoms with van der Waals surface area (Å²) in [6.45, 7) is 6.17. The summed E-state index contributed by atoms with van der Waals surface area (Å²) in [4.78, 5) is 1.24. The van der Waals surface area contributed by atoms with Gasteiger partial charge in [-0.1, -0.05) is 11.6 Å². The van der Waals surface area contributed by atoms with Crippen LogP contribution in [0.5, 0.6) is 0 Å². The monoisotopic (exact) mass is 261 g/mol. The van der Waals surface area contributed by atoms with E-state index >= 15 is 0 Å². The Labute approximate surface area is 105 Å². The van der Waals surface area contributed by atoms with E-state index in [9.17, 15) is 0 Å². The van der Waals surface area contributed by atoms with Crippen molar-refractivity contribution in [3.8, 4) is 0 Å². The minimum absolute atomic E-state index is 0.144. The summed E-state index contributed by atoms with van der Waals surface area (Å²) >= 11 is 7.45. The van der Waals surface area contributed by atoms with Crippen LogP contribution in [0.4, 0.5) is 0 Å². The fourth-order valence-corrected chi connectivity index (χ4v) is 2.72. The van der Waals surface area contributed by atoms with Crippen molar-refractivity contribution >= 4 is 22.9 Å². The molecule has 1 N–H and O–H groups in total. The van der Waals surface area contributed by atoms with Gasteiger partial charge in [0.25, 0.3) is 0 Å². The maximum absolute atomic E-state index is 5.85. The van der Waals surface area contributed by atoms with Gasteiger partial charge in [0.1, 0.15) is 0 Å². The van der Waals surface area contributed by atoms with Crippen LogP contribution in [0.1, 0.15) is 18.7 Å². The van der Waals surface area contributed by atoms with Crippen LogP contribution in [-0.2, 0) is 16.0 Å². The smallest absolute Gasteiger partial charge is 0.163 e. The van der Waals surface area contributed by atoms with Gasteiger partial charge in [-0.2, -0.15) is 0 Å². The van der Waals surface area contributed by atoms with E-state index in [0.717, 1.165) is 17.4 Å². The molecule has 1 aromatic heterocycles. The lowest BCUT2D eigenvalue weighted by atomic mass is 10.3. The molecule has 0 spiro atoms. The van der Waals surface area contributed by atoms with Crippen molar-refractivity contribution in [1.29, 1.82) is 0 Å². The Kier molecular flexibility index (Phi) is 3.87. The van der Waals surface area contributed by atoms with E-state index in [1.54, 1.807) is 11.3 Å². The van der Waals surface area contributed by atoms with E-state index in [1.807, 2.05) is 26.0 Å². The Balaban J connectivity index is 1.69. The maximum Gasteiger partial charge on any atom is 0.163 e. The summed E-state index contributed by atoms with van der Waals surface area (Å²) in [6, 6.07) is 3.96. The third kappa shape index (κ3) is 3.43. The van der Waals surface area contributed by atoms with Gasteiger partial charge in [0.05, 0.1) is 17.0 Å². The zero-order valence-electron chi connectivity index (χ0n) is 9.46. The molecule has 0 radical (unpaired) electrons. The van der Waals surface area contributed by atoms with Crippen molar-refractivity contribution in [3.05, 3.63) is 21.3 Å². The maximum atomic E-state index is 5.85. The number of ether oxygens (including phenoxy) is 2. The van der Waals surface area contributed by atoms with Crippen LogP contribution in [0.25, 0.3) is 0 Å². The van der Waals surface area contributed by atoms with Crippen LogP contribution in [0.3, 0.4) is 0 Å². The second kappa shape index (κ2) is 5.02. The van der Waals surface area contributed by atoms with E-state index in [4.69, 9.17) is 21.1 Å². The van der Waals surface area contributed by atoms with Gasteiger partial charge in [-0.25, -0.2) is 0 Å². The van der Waals surface area contributed by atoms with Gasteiger partial charge in [-0.15, -0.1) is 11.3 Å². The third-order valence-electron chi connectivity index (χ3n) is 2.37. The van der Waals surface area contributed by atoms with E-state index in [-0.39, 0.29) is 6.10 Å². The van der Waals surface area contributed by atoms with E-state index < -0.39 is 5.79 Å². The van der Waals surface area contributed by atoms with Crippen molar-refractivity contribution in [2.45, 2.75) is 32.3 Å². The SMILES string of the molecule is CC1(C)OCC(CNCc2ccc(Cl)s2)O1. The van der Waals surface area contributed by atoms with Crippen LogP contribution >= 0.6 is 22.9 Å². The molecule has 1 aliphatic rings. The van der Waals surface area contributed by atoms with Crippen LogP contribution < -0.4 is 5.32 Å². The Morgan fingerprint density at radius 2 is 2.38 bits per heavy atom. The summed E-state index contributed by atoms with van der Waals surface area (Å²) in [7, 11) is 0. The van der Waals surface area contributed by atoms with Crippen molar-refractivity contribution in [3.63, 3.8) is 0 Å². The summed E-state index contributed by atoms with van der Waals surface area (Å²) in [6.07, 6.45) is 0.144. The third-order valence-corrected chi connectivity index (χ3v) is 3.60. The van der Waals surface area contributed by atoms with Gasteiger partial charge in [-0.05, 0) is 26.0 Å². The second-order valence-corrected chi connectivity index (χ2v) is 6.09. The Morgan fingerprint density at radius 3 is 2.94 bits per heavy atom. The molecule has 0 amide bonds. The first-order valence-electron chi connectivity index (χ1n) is 5.32. The first-order chi connectivity index (χ1) is 7.55. The predicted molar refractivity (Wildman–Crippen MR) is 65.9 cm³/mol. The van der Waals surface area contributed by atoms with Crippen molar-refractivity contribution in [2.24, 2.45) is 0 Å². The Bertz CT molecular complexity index is 354. The van der Waals surface area contributed by atoms with Crippen molar-refractivity contribution < 1.29 is 9.47 Å². The standard InChI is InChI=1S/C11H16ClNO2S/c1-11(2)14-7-8(15-11)5-13-6-9-3-4-10(12)16-9/h3-4,8,13H,5-7H2,1-2H3. The minimum atomic E-state index is -0.432. The van der Waals surface area contributed by atoms with Gasteiger partial charge in [-0.3, -0.25) is 0 Å². The summed E-state index contributed by atoms with van der Waals surface area (Å²) in [5.41, 5.74) is 0. The molecule has 1 saturated heterocycles. The lowest BCUT2D eigenvalue weighted by molar-refractivity contribution is -0.137. The molecule has 1 unspecified atom stereocenters. The lowest BCUT2D eigenvalue weighted by Gasteiger charge is -2.17. The van der Waals surface area contributed by atoms with Gasteiger partial charge >= 0.3 is 0 Å². The van der Waals surface area contributed by atoms with Gasteiger partial charge in [0.15, 0.2) is 5.79 Å². The van der Waals surface area contributed by atoms with E-state index in [2.05, 4.69) is 5.32 Å². The molecule has 1 atom stereocenters. The molecule has 2 heterocycles. The van der Waals surface area contributed by atoms with Crippen molar-refractivity contribution in [2.75, 3.05) is 13.2 Å². The van der Waals surface area contributed by atoms with Gasteiger partial charge in [0.2, 0.25) is 0 Å². The molecular formula is C11H16ClNO2S. The second-order valence-electron chi connectivity index (χ2n) is 4.29. The van der Waals surface area contributed by atoms with Crippen LogP contribution in [0.2, 0.25) is 4.34 Å². The molecule has 0 aromatic carbocycles. The average Bonchev–Trinajstić information content (AvgIpc) is 2.73. The Morgan fingerprint density at radius 1 is 1.56 bits per heavy atom. The van der Waals surface area contributed by atoms with Crippen LogP contribution in [0.15, 0.2) is 12.1 Å². The highest BCUT2D eigenvalue weighted by molar-refractivity contribution is 7.16. The summed E-state index contributed by atoms with van der Waals surface area (Å²) < 4.78 is 12.0. The number of rotatable bonds is 4. The molecule has 90 valence electrons. The number of nitrogens with one attached hydrogen (secondary N) is 1. The molecule has 16 heavy (non-hydrogen) atoms. The molecule has 1 aliphatic heterocycles. The predicted octanol–water partition coefficient (Wildman–Crippen LogP) is 2.64. The van der Waals surface area contributed by atoms with Gasteiger partial charge in [0, 0.05) is 18.0 Å². The lowest BCUT2D eigenvalue weighted by Crippen LogP contribution is -2.30. The van der Waals surface area contributed by atoms with Crippen LogP contribution in [0, 0.1) is 0 Å². The molecule has 1 fully saturated rings. The van der Waals surface area contributed by atoms with E-state index in [1.165, 1.54) is 4.88 Å². The summed E-state index contributed by atoms with van der Waals surface area (Å²) in [5, 5.41) is 3.34. The normalized spacial score (nSPS) is 23.8. The molecule has 1 aromatic rings. The van der Waals surface area contributed by atoms with E-state index in [0.29, 0.717) is 6.61 Å². The quantitative estimate of drug-likeness (QED) is 0.904. The number of thiophene rings is 1. The van der Waals surface area contributed by atoms with Crippen LogP contribution in [-0.4, -0.2) is 25.0 Å². The molecule has 2 rings (SSSR count).